The molecule has 2 aromatic heterocycles. The molecule has 0 radical (unpaired) electrons. The Bertz CT molecular complexity index is 1820. The lowest BCUT2D eigenvalue weighted by molar-refractivity contribution is -0.126. The number of phenolic OH excluding ortho intramolecular Hbond substituents is 1. The van der Waals surface area contributed by atoms with Crippen LogP contribution in [0.5, 0.6) is 11.5 Å². The van der Waals surface area contributed by atoms with E-state index in [1.807, 2.05) is 19.9 Å². The molecular formula is C30H28F2N6O4. The maximum atomic E-state index is 16.4. The third-order valence-corrected chi connectivity index (χ3v) is 7.74. The van der Waals surface area contributed by atoms with Gasteiger partial charge < -0.3 is 25.4 Å². The number of ether oxygens (including phenoxy) is 1. The molecule has 3 N–H and O–H groups in total. The molecule has 2 aliphatic heterocycles. The van der Waals surface area contributed by atoms with E-state index in [4.69, 9.17) is 10.5 Å². The summed E-state index contributed by atoms with van der Waals surface area (Å²) < 4.78 is 38.7. The molecule has 0 aliphatic carbocycles. The van der Waals surface area contributed by atoms with E-state index in [2.05, 4.69) is 16.5 Å². The summed E-state index contributed by atoms with van der Waals surface area (Å²) in [5.41, 5.74) is 5.87. The van der Waals surface area contributed by atoms with Crippen molar-refractivity contribution in [2.24, 2.45) is 0 Å². The standard InChI is InChI=1S/C30H28F2N6O4/c1-4-21(40)36-11-12-37-16(13-36)14-42-27-23-28(37)35-30(41)38(26-17(15(2)3)7-5-9-19(26)33)29(23)34-25(24(27)32)22-18(31)8-6-10-20(22)39/h4-10,15-16,39H,1,11-14,33H2,2-3H3/t16-/m1/s1. The van der Waals surface area contributed by atoms with Crippen LogP contribution < -0.4 is 21.1 Å². The number of aromatic nitrogens is 3. The highest BCUT2D eigenvalue weighted by molar-refractivity contribution is 5.97. The van der Waals surface area contributed by atoms with Gasteiger partial charge in [-0.2, -0.15) is 4.98 Å². The highest BCUT2D eigenvalue weighted by Crippen LogP contribution is 2.44. The molecule has 0 unspecified atom stereocenters. The van der Waals surface area contributed by atoms with Gasteiger partial charge in [0.15, 0.2) is 17.2 Å². The number of hydrogen-bond donors (Lipinski definition) is 2. The zero-order valence-corrected chi connectivity index (χ0v) is 23.0. The maximum Gasteiger partial charge on any atom is 0.355 e. The van der Waals surface area contributed by atoms with Crippen molar-refractivity contribution in [1.82, 2.24) is 19.4 Å². The Morgan fingerprint density at radius 3 is 2.67 bits per heavy atom. The fraction of sp³-hybridized carbons (Fsp3) is 0.267. The van der Waals surface area contributed by atoms with Gasteiger partial charge in [-0.25, -0.2) is 23.1 Å². The number of pyridine rings is 1. The van der Waals surface area contributed by atoms with E-state index in [1.54, 1.807) is 21.9 Å². The number of para-hydroxylation sites is 1. The number of nitrogens with two attached hydrogens (primary N) is 1. The number of benzene rings is 2. The molecule has 216 valence electrons. The van der Waals surface area contributed by atoms with Gasteiger partial charge in [0.1, 0.15) is 35.1 Å². The summed E-state index contributed by atoms with van der Waals surface area (Å²) in [6.07, 6.45) is 1.22. The van der Waals surface area contributed by atoms with Crippen LogP contribution in [0.4, 0.5) is 20.3 Å². The number of carbonyl (C=O) groups excluding carboxylic acids is 1. The number of carbonyl (C=O) groups is 1. The van der Waals surface area contributed by atoms with E-state index in [-0.39, 0.29) is 59.8 Å². The van der Waals surface area contributed by atoms with E-state index in [0.29, 0.717) is 17.8 Å². The quantitative estimate of drug-likeness (QED) is 0.279. The van der Waals surface area contributed by atoms with Gasteiger partial charge in [-0.1, -0.05) is 38.6 Å². The maximum absolute atomic E-state index is 16.4. The molecule has 1 fully saturated rings. The summed E-state index contributed by atoms with van der Waals surface area (Å²) in [5.74, 6) is -3.00. The molecule has 1 saturated heterocycles. The number of halogens is 2. The minimum absolute atomic E-state index is 0.0656. The molecule has 0 saturated carbocycles. The van der Waals surface area contributed by atoms with Gasteiger partial charge in [0, 0.05) is 19.6 Å². The van der Waals surface area contributed by atoms with Crippen LogP contribution in [0.25, 0.3) is 28.0 Å². The monoisotopic (exact) mass is 574 g/mol. The first-order chi connectivity index (χ1) is 20.1. The first-order valence-electron chi connectivity index (χ1n) is 13.5. The van der Waals surface area contributed by atoms with E-state index in [1.165, 1.54) is 22.8 Å². The summed E-state index contributed by atoms with van der Waals surface area (Å²) >= 11 is 0. The second kappa shape index (κ2) is 10.1. The second-order valence-electron chi connectivity index (χ2n) is 10.6. The molecule has 2 aliphatic rings. The van der Waals surface area contributed by atoms with Crippen LogP contribution in [0, 0.1) is 11.6 Å². The second-order valence-corrected chi connectivity index (χ2v) is 10.6. The summed E-state index contributed by atoms with van der Waals surface area (Å²) in [5, 5.41) is 10.7. The Kier molecular flexibility index (Phi) is 6.55. The van der Waals surface area contributed by atoms with Crippen molar-refractivity contribution >= 4 is 28.4 Å². The first-order valence-corrected chi connectivity index (χ1v) is 13.5. The number of nitrogens with zero attached hydrogens (tertiary/aromatic N) is 5. The first kappa shape index (κ1) is 27.2. The van der Waals surface area contributed by atoms with Gasteiger partial charge in [-0.3, -0.25) is 4.79 Å². The van der Waals surface area contributed by atoms with E-state index in [9.17, 15) is 14.7 Å². The van der Waals surface area contributed by atoms with Crippen molar-refractivity contribution in [1.29, 1.82) is 0 Å². The molecular weight excluding hydrogens is 546 g/mol. The molecule has 6 rings (SSSR count). The summed E-state index contributed by atoms with van der Waals surface area (Å²) in [6.45, 7) is 8.14. The molecule has 2 aromatic carbocycles. The zero-order valence-electron chi connectivity index (χ0n) is 23.0. The topological polar surface area (TPSA) is 127 Å². The van der Waals surface area contributed by atoms with Gasteiger partial charge in [0.25, 0.3) is 0 Å². The molecule has 1 atom stereocenters. The molecule has 0 spiro atoms. The minimum Gasteiger partial charge on any atom is -0.507 e. The number of aromatic hydroxyl groups is 1. The largest absolute Gasteiger partial charge is 0.507 e. The Balaban J connectivity index is 1.71. The number of phenols is 1. The number of anilines is 2. The lowest BCUT2D eigenvalue weighted by atomic mass is 9.99. The Morgan fingerprint density at radius 2 is 1.95 bits per heavy atom. The number of amides is 1. The van der Waals surface area contributed by atoms with Crippen molar-refractivity contribution in [3.63, 3.8) is 0 Å². The fourth-order valence-corrected chi connectivity index (χ4v) is 5.73. The summed E-state index contributed by atoms with van der Waals surface area (Å²) in [4.78, 5) is 38.6. The average Bonchev–Trinajstić information content (AvgIpc) is 3.12. The van der Waals surface area contributed by atoms with Crippen LogP contribution >= 0.6 is 0 Å². The molecule has 12 heteroatoms. The van der Waals surface area contributed by atoms with Crippen LogP contribution in [0.1, 0.15) is 25.3 Å². The smallest absolute Gasteiger partial charge is 0.355 e. The number of hydrogen-bond acceptors (Lipinski definition) is 8. The Hall–Kier alpha value is -5.00. The summed E-state index contributed by atoms with van der Waals surface area (Å²) in [6, 6.07) is 8.28. The van der Waals surface area contributed by atoms with E-state index >= 15 is 8.78 Å². The Morgan fingerprint density at radius 1 is 1.19 bits per heavy atom. The number of rotatable bonds is 4. The predicted molar refractivity (Wildman–Crippen MR) is 154 cm³/mol. The molecule has 0 bridgehead atoms. The minimum atomic E-state index is -1.03. The fourth-order valence-electron chi connectivity index (χ4n) is 5.73. The number of fused-ring (bicyclic) bond motifs is 2. The van der Waals surface area contributed by atoms with Crippen molar-refractivity contribution in [2.75, 3.05) is 36.9 Å². The van der Waals surface area contributed by atoms with E-state index in [0.717, 1.165) is 6.07 Å². The predicted octanol–water partition coefficient (Wildman–Crippen LogP) is 3.73. The van der Waals surface area contributed by atoms with Gasteiger partial charge in [-0.05, 0) is 35.8 Å². The van der Waals surface area contributed by atoms with Crippen LogP contribution in [0.15, 0.2) is 53.8 Å². The van der Waals surface area contributed by atoms with Gasteiger partial charge in [0.2, 0.25) is 5.91 Å². The van der Waals surface area contributed by atoms with Crippen LogP contribution in [-0.4, -0.2) is 62.7 Å². The molecule has 4 heterocycles. The SMILES string of the molecule is C=CC(=O)N1CCN2c3nc(=O)n(-c4c(N)cccc4C(C)C)c4nc(-c5c(O)cccc5F)c(F)c(c34)OC[C@H]2C1. The van der Waals surface area contributed by atoms with Gasteiger partial charge >= 0.3 is 5.69 Å². The van der Waals surface area contributed by atoms with Gasteiger partial charge in [0.05, 0.1) is 23.0 Å². The number of piperazine rings is 1. The normalized spacial score (nSPS) is 16.3. The molecule has 42 heavy (non-hydrogen) atoms. The van der Waals surface area contributed by atoms with Crippen molar-refractivity contribution < 1.29 is 23.4 Å². The van der Waals surface area contributed by atoms with Crippen molar-refractivity contribution in [3.05, 3.63) is 76.7 Å². The zero-order chi connectivity index (χ0) is 29.9. The van der Waals surface area contributed by atoms with E-state index < -0.39 is 40.4 Å². The summed E-state index contributed by atoms with van der Waals surface area (Å²) in [7, 11) is 0. The third-order valence-electron chi connectivity index (χ3n) is 7.74. The lowest BCUT2D eigenvalue weighted by Crippen LogP contribution is -2.56. The lowest BCUT2D eigenvalue weighted by Gasteiger charge is -2.40. The molecule has 4 aromatic rings. The highest BCUT2D eigenvalue weighted by atomic mass is 19.1. The average molecular weight is 575 g/mol. The van der Waals surface area contributed by atoms with Crippen LogP contribution in [0.3, 0.4) is 0 Å². The third kappa shape index (κ3) is 4.13. The van der Waals surface area contributed by atoms with Gasteiger partial charge in [-0.15, -0.1) is 0 Å². The number of nitrogen functional groups attached to an aromatic ring is 1. The molecule has 1 amide bonds. The van der Waals surface area contributed by atoms with Crippen LogP contribution in [-0.2, 0) is 4.79 Å². The highest BCUT2D eigenvalue weighted by Gasteiger charge is 2.38. The Labute approximate surface area is 239 Å². The molecule has 10 nitrogen and oxygen atoms in total. The van der Waals surface area contributed by atoms with Crippen LogP contribution in [0.2, 0.25) is 0 Å². The van der Waals surface area contributed by atoms with Crippen molar-refractivity contribution in [2.45, 2.75) is 25.8 Å². The van der Waals surface area contributed by atoms with Crippen molar-refractivity contribution in [3.8, 4) is 28.4 Å².